The van der Waals surface area contributed by atoms with E-state index in [2.05, 4.69) is 21.0 Å². The van der Waals surface area contributed by atoms with E-state index in [1.807, 2.05) is 30.3 Å². The van der Waals surface area contributed by atoms with Crippen molar-refractivity contribution in [2.45, 2.75) is 19.6 Å². The molecular weight excluding hydrogens is 362 g/mol. The number of ether oxygens (including phenoxy) is 2. The molecule has 6 nitrogen and oxygen atoms in total. The molecule has 0 unspecified atom stereocenters. The molecule has 23 heavy (non-hydrogen) atoms. The molecule has 1 atom stereocenters. The number of hydrogen-bond donors (Lipinski definition) is 1. The molecule has 124 valence electrons. The molecule has 0 radical (unpaired) electrons. The van der Waals surface area contributed by atoms with Crippen LogP contribution in [0.15, 0.2) is 41.0 Å². The minimum absolute atomic E-state index is 0.246. The molecule has 7 heteroatoms. The van der Waals surface area contributed by atoms with Crippen molar-refractivity contribution in [3.8, 4) is 0 Å². The van der Waals surface area contributed by atoms with Crippen molar-refractivity contribution in [3.05, 3.63) is 52.3 Å². The molecule has 2 rings (SSSR count). The van der Waals surface area contributed by atoms with Gasteiger partial charge in [-0.2, -0.15) is 5.10 Å². The summed E-state index contributed by atoms with van der Waals surface area (Å²) in [5.74, 6) is -0.424. The SMILES string of the molecule is CCOC(=O)c1cc(Br)nn1[C@H](CN)COCc1ccccc1. The van der Waals surface area contributed by atoms with Crippen LogP contribution in [0.3, 0.4) is 0 Å². The fraction of sp³-hybridized carbons (Fsp3) is 0.375. The van der Waals surface area contributed by atoms with Gasteiger partial charge < -0.3 is 15.2 Å². The van der Waals surface area contributed by atoms with Gasteiger partial charge in [-0.15, -0.1) is 0 Å². The Morgan fingerprint density at radius 3 is 2.78 bits per heavy atom. The van der Waals surface area contributed by atoms with Crippen molar-refractivity contribution < 1.29 is 14.3 Å². The Hall–Kier alpha value is -1.70. The Bertz CT molecular complexity index is 631. The van der Waals surface area contributed by atoms with Gasteiger partial charge in [0.15, 0.2) is 0 Å². The molecule has 0 spiro atoms. The van der Waals surface area contributed by atoms with E-state index in [0.29, 0.717) is 36.7 Å². The van der Waals surface area contributed by atoms with Crippen molar-refractivity contribution in [2.75, 3.05) is 19.8 Å². The first-order chi connectivity index (χ1) is 11.2. The van der Waals surface area contributed by atoms with Crippen molar-refractivity contribution >= 4 is 21.9 Å². The number of nitrogens with zero attached hydrogens (tertiary/aromatic N) is 2. The van der Waals surface area contributed by atoms with Crippen LogP contribution < -0.4 is 5.73 Å². The Balaban J connectivity index is 2.04. The van der Waals surface area contributed by atoms with Gasteiger partial charge in [0.05, 0.1) is 25.9 Å². The van der Waals surface area contributed by atoms with Crippen LogP contribution in [0.1, 0.15) is 29.0 Å². The summed E-state index contributed by atoms with van der Waals surface area (Å²) in [7, 11) is 0. The van der Waals surface area contributed by atoms with Crippen LogP contribution in [-0.2, 0) is 16.1 Å². The van der Waals surface area contributed by atoms with E-state index < -0.39 is 5.97 Å². The standard InChI is InChI=1S/C16H20BrN3O3/c1-2-23-16(21)14-8-15(17)19-20(14)13(9-18)11-22-10-12-6-4-3-5-7-12/h3-8,13H,2,9-11,18H2,1H3/t13-/m1/s1. The van der Waals surface area contributed by atoms with Gasteiger partial charge in [0, 0.05) is 12.6 Å². The van der Waals surface area contributed by atoms with E-state index in [1.165, 1.54) is 0 Å². The third-order valence-electron chi connectivity index (χ3n) is 3.23. The van der Waals surface area contributed by atoms with Crippen LogP contribution in [0.4, 0.5) is 0 Å². The zero-order valence-electron chi connectivity index (χ0n) is 12.9. The zero-order chi connectivity index (χ0) is 16.7. The number of carbonyl (C=O) groups is 1. The molecular formula is C16H20BrN3O3. The maximum atomic E-state index is 12.0. The minimum Gasteiger partial charge on any atom is -0.461 e. The summed E-state index contributed by atoms with van der Waals surface area (Å²) in [5, 5.41) is 4.28. The molecule has 0 fully saturated rings. The van der Waals surface area contributed by atoms with Crippen LogP contribution in [0.5, 0.6) is 0 Å². The summed E-state index contributed by atoms with van der Waals surface area (Å²) in [6, 6.07) is 11.2. The number of aromatic nitrogens is 2. The predicted octanol–water partition coefficient (Wildman–Crippen LogP) is 2.54. The van der Waals surface area contributed by atoms with Crippen molar-refractivity contribution in [1.29, 1.82) is 0 Å². The van der Waals surface area contributed by atoms with Crippen molar-refractivity contribution in [3.63, 3.8) is 0 Å². The van der Waals surface area contributed by atoms with E-state index in [9.17, 15) is 4.79 Å². The third kappa shape index (κ3) is 4.89. The maximum absolute atomic E-state index is 12.0. The van der Waals surface area contributed by atoms with Crippen molar-refractivity contribution in [2.24, 2.45) is 5.73 Å². The third-order valence-corrected chi connectivity index (χ3v) is 3.62. The average Bonchev–Trinajstić information content (AvgIpc) is 2.94. The summed E-state index contributed by atoms with van der Waals surface area (Å²) in [5.41, 5.74) is 7.27. The number of nitrogens with two attached hydrogens (primary N) is 1. The highest BCUT2D eigenvalue weighted by atomic mass is 79.9. The molecule has 1 aromatic heterocycles. The number of carbonyl (C=O) groups excluding carboxylic acids is 1. The first-order valence-corrected chi connectivity index (χ1v) is 8.19. The molecule has 1 heterocycles. The first-order valence-electron chi connectivity index (χ1n) is 7.39. The Kier molecular flexibility index (Phi) is 6.76. The zero-order valence-corrected chi connectivity index (χ0v) is 14.5. The van der Waals surface area contributed by atoms with Gasteiger partial charge in [-0.25, -0.2) is 4.79 Å². The normalized spacial score (nSPS) is 12.1. The molecule has 0 aliphatic heterocycles. The fourth-order valence-corrected chi connectivity index (χ4v) is 2.51. The molecule has 0 aliphatic rings. The number of benzene rings is 1. The first kappa shape index (κ1) is 17.7. The lowest BCUT2D eigenvalue weighted by atomic mass is 10.2. The van der Waals surface area contributed by atoms with Gasteiger partial charge in [-0.1, -0.05) is 30.3 Å². The minimum atomic E-state index is -0.424. The van der Waals surface area contributed by atoms with Gasteiger partial charge in [0.2, 0.25) is 0 Å². The summed E-state index contributed by atoms with van der Waals surface area (Å²) in [6.07, 6.45) is 0. The second-order valence-corrected chi connectivity index (χ2v) is 5.72. The fourth-order valence-electron chi connectivity index (χ4n) is 2.13. The lowest BCUT2D eigenvalue weighted by Gasteiger charge is -2.18. The molecule has 2 aromatic rings. The summed E-state index contributed by atoms with van der Waals surface area (Å²) in [4.78, 5) is 12.0. The van der Waals surface area contributed by atoms with E-state index in [4.69, 9.17) is 15.2 Å². The number of rotatable bonds is 8. The largest absolute Gasteiger partial charge is 0.461 e. The molecule has 1 aromatic carbocycles. The molecule has 0 aliphatic carbocycles. The predicted molar refractivity (Wildman–Crippen MR) is 90.1 cm³/mol. The molecule has 0 saturated carbocycles. The summed E-state index contributed by atoms with van der Waals surface area (Å²) in [6.45, 7) is 3.20. The van der Waals surface area contributed by atoms with E-state index in [1.54, 1.807) is 17.7 Å². The van der Waals surface area contributed by atoms with Crippen LogP contribution >= 0.6 is 15.9 Å². The monoisotopic (exact) mass is 381 g/mol. The van der Waals surface area contributed by atoms with Crippen LogP contribution in [0.25, 0.3) is 0 Å². The van der Waals surface area contributed by atoms with Crippen LogP contribution in [-0.4, -0.2) is 35.5 Å². The number of hydrogen-bond acceptors (Lipinski definition) is 5. The quantitative estimate of drug-likeness (QED) is 0.710. The number of halogens is 1. The topological polar surface area (TPSA) is 79.4 Å². The summed E-state index contributed by atoms with van der Waals surface area (Å²) >= 11 is 3.28. The number of esters is 1. The van der Waals surface area contributed by atoms with E-state index in [0.717, 1.165) is 5.56 Å². The van der Waals surface area contributed by atoms with Crippen molar-refractivity contribution in [1.82, 2.24) is 9.78 Å². The Labute approximate surface area is 143 Å². The maximum Gasteiger partial charge on any atom is 0.356 e. The highest BCUT2D eigenvalue weighted by molar-refractivity contribution is 9.10. The van der Waals surface area contributed by atoms with Gasteiger partial charge in [-0.3, -0.25) is 4.68 Å². The van der Waals surface area contributed by atoms with Gasteiger partial charge in [-0.05, 0) is 28.4 Å². The molecule has 2 N–H and O–H groups in total. The van der Waals surface area contributed by atoms with Crippen LogP contribution in [0.2, 0.25) is 0 Å². The van der Waals surface area contributed by atoms with E-state index >= 15 is 0 Å². The highest BCUT2D eigenvalue weighted by Crippen LogP contribution is 2.17. The Morgan fingerprint density at radius 2 is 2.13 bits per heavy atom. The lowest BCUT2D eigenvalue weighted by Crippen LogP contribution is -2.28. The second kappa shape index (κ2) is 8.81. The highest BCUT2D eigenvalue weighted by Gasteiger charge is 2.21. The van der Waals surface area contributed by atoms with E-state index in [-0.39, 0.29) is 6.04 Å². The van der Waals surface area contributed by atoms with Gasteiger partial charge in [0.25, 0.3) is 0 Å². The molecule has 0 amide bonds. The lowest BCUT2D eigenvalue weighted by molar-refractivity contribution is 0.0493. The average molecular weight is 382 g/mol. The van der Waals surface area contributed by atoms with Gasteiger partial charge >= 0.3 is 5.97 Å². The second-order valence-electron chi connectivity index (χ2n) is 4.91. The molecule has 0 saturated heterocycles. The molecule has 0 bridgehead atoms. The summed E-state index contributed by atoms with van der Waals surface area (Å²) < 4.78 is 12.9. The Morgan fingerprint density at radius 1 is 1.39 bits per heavy atom. The van der Waals surface area contributed by atoms with Crippen LogP contribution in [0, 0.1) is 0 Å². The van der Waals surface area contributed by atoms with Gasteiger partial charge in [0.1, 0.15) is 10.3 Å². The smallest absolute Gasteiger partial charge is 0.356 e.